The molecule has 0 aromatic heterocycles. The second-order valence-electron chi connectivity index (χ2n) is 6.86. The van der Waals surface area contributed by atoms with Gasteiger partial charge in [0.2, 0.25) is 0 Å². The summed E-state index contributed by atoms with van der Waals surface area (Å²) in [5.41, 5.74) is 0. The fraction of sp³-hybridized carbons (Fsp3) is 0.905. The van der Waals surface area contributed by atoms with Crippen molar-refractivity contribution >= 4 is 8.32 Å². The van der Waals surface area contributed by atoms with Gasteiger partial charge in [-0.25, -0.2) is 0 Å². The number of unbranched alkanes of at least 4 members (excludes halogenated alkanes) is 6. The highest BCUT2D eigenvalue weighted by Crippen LogP contribution is 2.27. The maximum absolute atomic E-state index is 6.54. The first kappa shape index (κ1) is 22.7. The Kier molecular flexibility index (Phi) is 16.4. The monoisotopic (exact) mass is 338 g/mol. The molecule has 0 aromatic carbocycles. The lowest BCUT2D eigenvalue weighted by Crippen LogP contribution is -2.38. The van der Waals surface area contributed by atoms with Crippen molar-refractivity contribution in [1.29, 1.82) is 0 Å². The van der Waals surface area contributed by atoms with Crippen LogP contribution in [0.3, 0.4) is 0 Å². The van der Waals surface area contributed by atoms with Crippen LogP contribution < -0.4 is 0 Å². The van der Waals surface area contributed by atoms with Crippen LogP contribution in [0.4, 0.5) is 0 Å². The zero-order valence-corrected chi connectivity index (χ0v) is 17.5. The third-order valence-electron chi connectivity index (χ3n) is 4.52. The minimum Gasteiger partial charge on any atom is -0.417 e. The van der Waals surface area contributed by atoms with Crippen LogP contribution in [-0.2, 0) is 4.43 Å². The SMILES string of the molecule is CCC#CCCCCCCCCO[Si](CCC)(CCC)CCC. The van der Waals surface area contributed by atoms with Crippen molar-refractivity contribution in [1.82, 2.24) is 0 Å². The first-order valence-corrected chi connectivity index (χ1v) is 12.9. The normalized spacial score (nSPS) is 11.3. The highest BCUT2D eigenvalue weighted by molar-refractivity contribution is 6.73. The average molecular weight is 339 g/mol. The van der Waals surface area contributed by atoms with E-state index in [4.69, 9.17) is 4.43 Å². The van der Waals surface area contributed by atoms with Gasteiger partial charge in [0.15, 0.2) is 8.32 Å². The van der Waals surface area contributed by atoms with Crippen molar-refractivity contribution in [3.63, 3.8) is 0 Å². The number of hydrogen-bond acceptors (Lipinski definition) is 1. The van der Waals surface area contributed by atoms with Crippen molar-refractivity contribution in [3.05, 3.63) is 0 Å². The Balaban J connectivity index is 3.73. The predicted octanol–water partition coefficient (Wildman–Crippen LogP) is 7.32. The molecule has 0 saturated carbocycles. The van der Waals surface area contributed by atoms with E-state index in [0.29, 0.717) is 0 Å². The van der Waals surface area contributed by atoms with E-state index in [-0.39, 0.29) is 0 Å². The highest BCUT2D eigenvalue weighted by atomic mass is 28.4. The maximum Gasteiger partial charge on any atom is 0.192 e. The summed E-state index contributed by atoms with van der Waals surface area (Å²) >= 11 is 0. The fourth-order valence-electron chi connectivity index (χ4n) is 3.48. The molecule has 0 atom stereocenters. The number of hydrogen-bond donors (Lipinski definition) is 0. The van der Waals surface area contributed by atoms with Gasteiger partial charge in [0, 0.05) is 19.4 Å². The van der Waals surface area contributed by atoms with E-state index in [1.54, 1.807) is 0 Å². The molecule has 0 unspecified atom stereocenters. The Morgan fingerprint density at radius 1 is 0.652 bits per heavy atom. The molecule has 0 aliphatic rings. The van der Waals surface area contributed by atoms with Crippen LogP contribution in [0, 0.1) is 11.8 Å². The Hall–Kier alpha value is -0.263. The van der Waals surface area contributed by atoms with Crippen molar-refractivity contribution in [2.75, 3.05) is 6.61 Å². The minimum absolute atomic E-state index is 0.999. The van der Waals surface area contributed by atoms with E-state index in [2.05, 4.69) is 39.5 Å². The van der Waals surface area contributed by atoms with Crippen LogP contribution in [0.2, 0.25) is 18.1 Å². The summed E-state index contributed by atoms with van der Waals surface area (Å²) in [6, 6.07) is 4.11. The van der Waals surface area contributed by atoms with E-state index in [9.17, 15) is 0 Å². The van der Waals surface area contributed by atoms with Crippen LogP contribution in [-0.4, -0.2) is 14.9 Å². The van der Waals surface area contributed by atoms with Gasteiger partial charge < -0.3 is 4.43 Å². The van der Waals surface area contributed by atoms with Crippen molar-refractivity contribution < 1.29 is 4.43 Å². The summed E-state index contributed by atoms with van der Waals surface area (Å²) in [5, 5.41) is 0. The van der Waals surface area contributed by atoms with Gasteiger partial charge in [0.25, 0.3) is 0 Å². The number of rotatable bonds is 15. The quantitative estimate of drug-likeness (QED) is 0.173. The molecule has 0 heterocycles. The van der Waals surface area contributed by atoms with E-state index in [0.717, 1.165) is 19.4 Å². The Morgan fingerprint density at radius 2 is 1.17 bits per heavy atom. The molecule has 0 radical (unpaired) electrons. The van der Waals surface area contributed by atoms with Crippen molar-refractivity contribution in [2.24, 2.45) is 0 Å². The highest BCUT2D eigenvalue weighted by Gasteiger charge is 2.31. The largest absolute Gasteiger partial charge is 0.417 e. The molecular weight excluding hydrogens is 296 g/mol. The van der Waals surface area contributed by atoms with Crippen LogP contribution in [0.1, 0.15) is 98.3 Å². The van der Waals surface area contributed by atoms with Crippen LogP contribution in [0.5, 0.6) is 0 Å². The van der Waals surface area contributed by atoms with Gasteiger partial charge in [0.05, 0.1) is 0 Å². The minimum atomic E-state index is -1.40. The molecule has 0 saturated heterocycles. The Labute approximate surface area is 148 Å². The molecule has 0 bridgehead atoms. The molecule has 2 heteroatoms. The third kappa shape index (κ3) is 12.8. The van der Waals surface area contributed by atoms with Gasteiger partial charge in [-0.15, -0.1) is 11.8 Å². The molecular formula is C21H42OSi. The van der Waals surface area contributed by atoms with Gasteiger partial charge in [-0.1, -0.05) is 72.6 Å². The molecule has 0 spiro atoms. The first-order chi connectivity index (χ1) is 11.2. The lowest BCUT2D eigenvalue weighted by atomic mass is 10.1. The van der Waals surface area contributed by atoms with E-state index in [1.807, 2.05) is 0 Å². The van der Waals surface area contributed by atoms with Gasteiger partial charge in [-0.05, 0) is 31.0 Å². The molecule has 0 aliphatic carbocycles. The standard InChI is InChI=1S/C21H42OSi/c1-5-9-10-11-12-13-14-15-16-17-18-22-23(19-6-2,20-7-3)21-8-4/h5-8,11-21H2,1-4H3. The molecule has 0 aliphatic heterocycles. The summed E-state index contributed by atoms with van der Waals surface area (Å²) in [5.74, 6) is 6.38. The third-order valence-corrected chi connectivity index (χ3v) is 9.57. The van der Waals surface area contributed by atoms with Crippen molar-refractivity contribution in [2.45, 2.75) is 116 Å². The molecule has 0 aromatic rings. The topological polar surface area (TPSA) is 9.23 Å². The van der Waals surface area contributed by atoms with Crippen LogP contribution in [0.25, 0.3) is 0 Å². The summed E-state index contributed by atoms with van der Waals surface area (Å²) < 4.78 is 6.54. The van der Waals surface area contributed by atoms with Gasteiger partial charge >= 0.3 is 0 Å². The molecule has 0 amide bonds. The van der Waals surface area contributed by atoms with E-state index < -0.39 is 8.32 Å². The molecule has 1 nitrogen and oxygen atoms in total. The molecule has 0 fully saturated rings. The smallest absolute Gasteiger partial charge is 0.192 e. The fourth-order valence-corrected chi connectivity index (χ4v) is 7.98. The molecule has 136 valence electrons. The van der Waals surface area contributed by atoms with Crippen LogP contribution in [0.15, 0.2) is 0 Å². The van der Waals surface area contributed by atoms with E-state index in [1.165, 1.54) is 75.9 Å². The predicted molar refractivity (Wildman–Crippen MR) is 107 cm³/mol. The summed E-state index contributed by atoms with van der Waals surface area (Å²) in [6.07, 6.45) is 14.0. The molecule has 0 N–H and O–H groups in total. The van der Waals surface area contributed by atoms with E-state index >= 15 is 0 Å². The zero-order chi connectivity index (χ0) is 17.2. The molecule has 23 heavy (non-hydrogen) atoms. The van der Waals surface area contributed by atoms with Gasteiger partial charge in [0.1, 0.15) is 0 Å². The zero-order valence-electron chi connectivity index (χ0n) is 16.5. The maximum atomic E-state index is 6.54. The first-order valence-electron chi connectivity index (χ1n) is 10.3. The second kappa shape index (κ2) is 16.6. The lowest BCUT2D eigenvalue weighted by Gasteiger charge is -2.31. The van der Waals surface area contributed by atoms with Crippen molar-refractivity contribution in [3.8, 4) is 11.8 Å². The molecule has 0 rings (SSSR count). The lowest BCUT2D eigenvalue weighted by molar-refractivity contribution is 0.283. The summed E-state index contributed by atoms with van der Waals surface area (Å²) in [4.78, 5) is 0. The van der Waals surface area contributed by atoms with Gasteiger partial charge in [-0.2, -0.15) is 0 Å². The average Bonchev–Trinajstić information content (AvgIpc) is 2.53. The Morgan fingerprint density at radius 3 is 1.70 bits per heavy atom. The Bertz CT molecular complexity index is 286. The van der Waals surface area contributed by atoms with Gasteiger partial charge in [-0.3, -0.25) is 0 Å². The summed E-state index contributed by atoms with van der Waals surface area (Å²) in [6.45, 7) is 10.1. The van der Waals surface area contributed by atoms with Crippen LogP contribution >= 0.6 is 0 Å². The summed E-state index contributed by atoms with van der Waals surface area (Å²) in [7, 11) is -1.40. The second-order valence-corrected chi connectivity index (χ2v) is 11.0.